The molecule has 11 nitrogen and oxygen atoms in total. The second-order valence-electron chi connectivity index (χ2n) is 11.0. The van der Waals surface area contributed by atoms with E-state index in [0.29, 0.717) is 35.2 Å². The van der Waals surface area contributed by atoms with E-state index in [1.165, 1.54) is 26.0 Å². The van der Waals surface area contributed by atoms with E-state index in [2.05, 4.69) is 15.6 Å². The minimum atomic E-state index is -0.685. The number of hydrogen-bond acceptors (Lipinski definition) is 8. The van der Waals surface area contributed by atoms with Crippen LogP contribution in [0.4, 0.5) is 16.2 Å². The van der Waals surface area contributed by atoms with E-state index in [4.69, 9.17) is 14.2 Å². The Morgan fingerprint density at radius 1 is 1.11 bits per heavy atom. The number of carbonyl (C=O) groups is 3. The molecule has 1 saturated heterocycles. The molecule has 1 fully saturated rings. The minimum Gasteiger partial charge on any atom is -0.457 e. The third-order valence-corrected chi connectivity index (χ3v) is 9.40. The predicted octanol–water partition coefficient (Wildman–Crippen LogP) is 4.33. The molecule has 2 N–H and O–H groups in total. The number of rotatable bonds is 9. The number of likely N-dealkylation sites (tertiary alicyclic amines) is 1. The van der Waals surface area contributed by atoms with Gasteiger partial charge in [-0.3, -0.25) is 14.5 Å². The van der Waals surface area contributed by atoms with Crippen LogP contribution in [0.25, 0.3) is 0 Å². The SMILES string of the molecule is COC[C@H](OC)C(=O)N1CCC[C@@H](NC(=O)C2Sc3nccc4c3C2NC(=O)N4c2ccc(Oc3ccccc3)cc2C)C1. The molecule has 4 heterocycles. The van der Waals surface area contributed by atoms with Gasteiger partial charge in [0.05, 0.1) is 24.0 Å². The number of amides is 4. The van der Waals surface area contributed by atoms with Gasteiger partial charge in [0.2, 0.25) is 5.91 Å². The summed E-state index contributed by atoms with van der Waals surface area (Å²) in [5, 5.41) is 6.33. The number of aromatic nitrogens is 1. The van der Waals surface area contributed by atoms with Crippen molar-refractivity contribution in [2.75, 3.05) is 38.8 Å². The molecule has 3 aromatic rings. The molecule has 3 aliphatic heterocycles. The van der Waals surface area contributed by atoms with Crippen LogP contribution >= 0.6 is 11.8 Å². The summed E-state index contributed by atoms with van der Waals surface area (Å²) in [5.41, 5.74) is 3.09. The summed E-state index contributed by atoms with van der Waals surface area (Å²) < 4.78 is 16.4. The quantitative estimate of drug-likeness (QED) is 0.364. The van der Waals surface area contributed by atoms with Gasteiger partial charge in [-0.05, 0) is 61.7 Å². The van der Waals surface area contributed by atoms with E-state index >= 15 is 0 Å². The van der Waals surface area contributed by atoms with Crippen LogP contribution in [0.3, 0.4) is 0 Å². The van der Waals surface area contributed by atoms with E-state index in [0.717, 1.165) is 29.7 Å². The van der Waals surface area contributed by atoms with Crippen molar-refractivity contribution in [1.29, 1.82) is 0 Å². The predicted molar refractivity (Wildman–Crippen MR) is 165 cm³/mol. The zero-order valence-electron chi connectivity index (χ0n) is 24.8. The summed E-state index contributed by atoms with van der Waals surface area (Å²) >= 11 is 1.35. The molecule has 0 radical (unpaired) electrons. The van der Waals surface area contributed by atoms with E-state index in [1.54, 1.807) is 16.0 Å². The summed E-state index contributed by atoms with van der Waals surface area (Å²) in [6, 6.07) is 15.9. The molecule has 0 aliphatic carbocycles. The van der Waals surface area contributed by atoms with E-state index < -0.39 is 17.4 Å². The van der Waals surface area contributed by atoms with Gasteiger partial charge in [-0.2, -0.15) is 0 Å². The number of methoxy groups -OCH3 is 2. The van der Waals surface area contributed by atoms with Gasteiger partial charge in [0.25, 0.3) is 5.91 Å². The van der Waals surface area contributed by atoms with Gasteiger partial charge in [0.1, 0.15) is 21.8 Å². The van der Waals surface area contributed by atoms with E-state index in [9.17, 15) is 14.4 Å². The van der Waals surface area contributed by atoms with Crippen LogP contribution in [0.15, 0.2) is 65.8 Å². The maximum Gasteiger partial charge on any atom is 0.327 e. The number of nitrogens with zero attached hydrogens (tertiary/aromatic N) is 3. The number of para-hydroxylation sites is 1. The third-order valence-electron chi connectivity index (χ3n) is 8.11. The molecule has 6 rings (SSSR count). The molecule has 2 unspecified atom stereocenters. The van der Waals surface area contributed by atoms with Crippen molar-refractivity contribution in [3.05, 3.63) is 71.9 Å². The molecular weight excluding hydrogens is 582 g/mol. The molecule has 2 aromatic carbocycles. The Hall–Kier alpha value is -4.13. The van der Waals surface area contributed by atoms with Crippen molar-refractivity contribution in [3.8, 4) is 11.5 Å². The number of piperidine rings is 1. The molecular formula is C32H35N5O6S. The van der Waals surface area contributed by atoms with Crippen molar-refractivity contribution in [1.82, 2.24) is 20.5 Å². The standard InChI is InChI=1S/C32H35N5O6S/c1-19-16-22(43-21-9-5-4-6-10-21)11-12-23(19)37-24-13-14-33-30-26(24)27(35-32(37)40)28(44-30)29(38)34-20-8-7-15-36(17-20)31(39)25(42-3)18-41-2/h4-6,9-14,16,20,25,27-28H,7-8,15,17-18H2,1-3H3,(H,34,38)(H,35,40)/t20-,25+,27?,28?/m1/s1. The Morgan fingerprint density at radius 3 is 2.68 bits per heavy atom. The van der Waals surface area contributed by atoms with Crippen LogP contribution in [0.5, 0.6) is 11.5 Å². The molecule has 12 heteroatoms. The summed E-state index contributed by atoms with van der Waals surface area (Å²) in [5.74, 6) is 1.04. The van der Waals surface area contributed by atoms with Gasteiger partial charge < -0.3 is 29.7 Å². The maximum atomic E-state index is 13.7. The van der Waals surface area contributed by atoms with Crippen molar-refractivity contribution in [2.45, 2.75) is 48.2 Å². The number of thioether (sulfide) groups is 1. The third kappa shape index (κ3) is 5.84. The van der Waals surface area contributed by atoms with E-state index in [-0.39, 0.29) is 30.5 Å². The zero-order valence-corrected chi connectivity index (χ0v) is 25.6. The Balaban J connectivity index is 1.18. The number of aryl methyl sites for hydroxylation is 1. The highest BCUT2D eigenvalue weighted by molar-refractivity contribution is 8.01. The van der Waals surface area contributed by atoms with Crippen LogP contribution < -0.4 is 20.3 Å². The summed E-state index contributed by atoms with van der Waals surface area (Å²) in [4.78, 5) is 48.2. The van der Waals surface area contributed by atoms with Gasteiger partial charge in [-0.1, -0.05) is 30.0 Å². The highest BCUT2D eigenvalue weighted by Crippen LogP contribution is 2.51. The first-order valence-electron chi connectivity index (χ1n) is 14.6. The molecule has 230 valence electrons. The molecule has 0 saturated carbocycles. The molecule has 1 aromatic heterocycles. The fourth-order valence-corrected chi connectivity index (χ4v) is 7.24. The van der Waals surface area contributed by atoms with Gasteiger partial charge in [-0.25, -0.2) is 9.78 Å². The maximum absolute atomic E-state index is 13.7. The molecule has 4 amide bonds. The largest absolute Gasteiger partial charge is 0.457 e. The zero-order chi connectivity index (χ0) is 30.8. The molecule has 3 aliphatic rings. The van der Waals surface area contributed by atoms with Crippen molar-refractivity contribution in [3.63, 3.8) is 0 Å². The first-order valence-corrected chi connectivity index (χ1v) is 15.5. The minimum absolute atomic E-state index is 0.153. The van der Waals surface area contributed by atoms with Crippen LogP contribution in [0, 0.1) is 6.92 Å². The van der Waals surface area contributed by atoms with Crippen LogP contribution in [0.1, 0.15) is 30.0 Å². The first-order chi connectivity index (χ1) is 21.4. The smallest absolute Gasteiger partial charge is 0.327 e. The summed E-state index contributed by atoms with van der Waals surface area (Å²) in [6.07, 6.45) is 2.49. The van der Waals surface area contributed by atoms with Crippen molar-refractivity contribution < 1.29 is 28.6 Å². The lowest BCUT2D eigenvalue weighted by Gasteiger charge is -2.36. The number of nitrogens with one attached hydrogen (secondary N) is 2. The monoisotopic (exact) mass is 617 g/mol. The Morgan fingerprint density at radius 2 is 1.93 bits per heavy atom. The van der Waals surface area contributed by atoms with Crippen LogP contribution in [-0.4, -0.2) is 79.0 Å². The highest BCUT2D eigenvalue weighted by atomic mass is 32.2. The topological polar surface area (TPSA) is 122 Å². The Labute approximate surface area is 260 Å². The van der Waals surface area contributed by atoms with Gasteiger partial charge in [-0.15, -0.1) is 0 Å². The molecule has 4 atom stereocenters. The fourth-order valence-electron chi connectivity index (χ4n) is 6.00. The number of anilines is 2. The fraction of sp³-hybridized carbons (Fsp3) is 0.375. The Bertz CT molecular complexity index is 1560. The Kier molecular flexibility index (Phi) is 8.74. The average molecular weight is 618 g/mol. The highest BCUT2D eigenvalue weighted by Gasteiger charge is 2.47. The second-order valence-corrected chi connectivity index (χ2v) is 12.2. The van der Waals surface area contributed by atoms with E-state index in [1.807, 2.05) is 61.5 Å². The van der Waals surface area contributed by atoms with Crippen molar-refractivity contribution in [2.24, 2.45) is 0 Å². The number of carbonyl (C=O) groups excluding carboxylic acids is 3. The normalized spacial score (nSPS) is 21.3. The lowest BCUT2D eigenvalue weighted by atomic mass is 9.98. The van der Waals surface area contributed by atoms with Gasteiger partial charge in [0, 0.05) is 45.1 Å². The van der Waals surface area contributed by atoms with Gasteiger partial charge in [0.15, 0.2) is 6.10 Å². The summed E-state index contributed by atoms with van der Waals surface area (Å²) in [6.45, 7) is 3.08. The van der Waals surface area contributed by atoms with Crippen LogP contribution in [0.2, 0.25) is 0 Å². The van der Waals surface area contributed by atoms with Crippen molar-refractivity contribution >= 4 is 41.0 Å². The average Bonchev–Trinajstić information content (AvgIpc) is 3.40. The number of benzene rings is 2. The second kappa shape index (κ2) is 12.8. The molecule has 0 bridgehead atoms. The number of hydrogen-bond donors (Lipinski definition) is 2. The summed E-state index contributed by atoms with van der Waals surface area (Å²) in [7, 11) is 3.01. The lowest BCUT2D eigenvalue weighted by molar-refractivity contribution is -0.146. The molecule has 44 heavy (non-hydrogen) atoms. The molecule has 0 spiro atoms. The number of ether oxygens (including phenoxy) is 3. The first kappa shape index (κ1) is 29.9. The van der Waals surface area contributed by atoms with Gasteiger partial charge >= 0.3 is 6.03 Å². The lowest BCUT2D eigenvalue weighted by Crippen LogP contribution is -2.55. The van der Waals surface area contributed by atoms with Crippen LogP contribution in [-0.2, 0) is 19.1 Å². The number of pyridine rings is 1. The number of urea groups is 1.